The largest absolute Gasteiger partial charge is 0.482 e. The number of carboxylic acids is 1. The summed E-state index contributed by atoms with van der Waals surface area (Å²) in [6.07, 6.45) is -5.12. The highest BCUT2D eigenvalue weighted by Crippen LogP contribution is 2.51. The van der Waals surface area contributed by atoms with Gasteiger partial charge in [0, 0.05) is 18.0 Å². The zero-order valence-electron chi connectivity index (χ0n) is 19.5. The van der Waals surface area contributed by atoms with E-state index in [-0.39, 0.29) is 45.7 Å². The fourth-order valence-corrected chi connectivity index (χ4v) is 4.48. The molecule has 7 nitrogen and oxygen atoms in total. The van der Waals surface area contributed by atoms with E-state index in [1.165, 1.54) is 67.4 Å². The number of benzene rings is 3. The maximum atomic E-state index is 14.5. The molecule has 194 valence electrons. The van der Waals surface area contributed by atoms with Crippen LogP contribution in [0.4, 0.5) is 18.9 Å². The van der Waals surface area contributed by atoms with E-state index in [0.717, 1.165) is 12.1 Å². The van der Waals surface area contributed by atoms with Crippen molar-refractivity contribution in [1.29, 1.82) is 0 Å². The second kappa shape index (κ2) is 9.60. The normalized spacial score (nSPS) is 15.9. The van der Waals surface area contributed by atoms with E-state index in [0.29, 0.717) is 0 Å². The van der Waals surface area contributed by atoms with E-state index in [1.807, 2.05) is 0 Å². The van der Waals surface area contributed by atoms with E-state index >= 15 is 0 Å². The first-order valence-electron chi connectivity index (χ1n) is 11.0. The van der Waals surface area contributed by atoms with Crippen molar-refractivity contribution in [3.8, 4) is 17.2 Å². The van der Waals surface area contributed by atoms with Gasteiger partial charge < -0.3 is 24.6 Å². The van der Waals surface area contributed by atoms with Gasteiger partial charge in [-0.1, -0.05) is 36.7 Å². The Hall–Kier alpha value is -3.76. The van der Waals surface area contributed by atoms with Crippen LogP contribution in [-0.4, -0.2) is 41.9 Å². The summed E-state index contributed by atoms with van der Waals surface area (Å²) in [5.74, 6) is -2.60. The number of carboxylic acid groups (broad SMARTS) is 1. The van der Waals surface area contributed by atoms with Crippen LogP contribution in [0.3, 0.4) is 0 Å². The minimum absolute atomic E-state index is 0.00752. The van der Waals surface area contributed by atoms with Gasteiger partial charge in [0.25, 0.3) is 5.91 Å². The molecule has 0 saturated carbocycles. The van der Waals surface area contributed by atoms with Crippen molar-refractivity contribution >= 4 is 29.2 Å². The Kier molecular flexibility index (Phi) is 6.83. The van der Waals surface area contributed by atoms with E-state index in [9.17, 15) is 27.9 Å². The molecule has 0 spiro atoms. The lowest BCUT2D eigenvalue weighted by Gasteiger charge is -2.38. The lowest BCUT2D eigenvalue weighted by molar-refractivity contribution is -0.274. The van der Waals surface area contributed by atoms with Crippen molar-refractivity contribution < 1.29 is 42.4 Å². The Bertz CT molecular complexity index is 1380. The van der Waals surface area contributed by atoms with E-state index in [2.05, 4.69) is 0 Å². The minimum Gasteiger partial charge on any atom is -0.482 e. The number of ether oxygens (including phenoxy) is 2. The summed E-state index contributed by atoms with van der Waals surface area (Å²) in [5, 5.41) is 20.2. The highest BCUT2D eigenvalue weighted by atomic mass is 35.5. The molecule has 1 heterocycles. The molecule has 1 amide bonds. The lowest BCUT2D eigenvalue weighted by Crippen LogP contribution is -2.47. The van der Waals surface area contributed by atoms with Crippen LogP contribution in [-0.2, 0) is 10.4 Å². The second-order valence-corrected chi connectivity index (χ2v) is 8.94. The average molecular weight is 536 g/mol. The summed E-state index contributed by atoms with van der Waals surface area (Å²) >= 11 is 6.35. The van der Waals surface area contributed by atoms with Crippen molar-refractivity contribution in [2.24, 2.45) is 0 Å². The number of rotatable bonds is 6. The van der Waals surface area contributed by atoms with Crippen molar-refractivity contribution in [2.75, 3.05) is 18.6 Å². The number of aliphatic hydroxyl groups is 1. The van der Waals surface area contributed by atoms with Crippen LogP contribution in [0.1, 0.15) is 34.3 Å². The molecule has 3 aromatic rings. The van der Waals surface area contributed by atoms with Crippen LogP contribution in [0.2, 0.25) is 5.02 Å². The quantitative estimate of drug-likeness (QED) is 0.418. The monoisotopic (exact) mass is 535 g/mol. The predicted octanol–water partition coefficient (Wildman–Crippen LogP) is 5.74. The van der Waals surface area contributed by atoms with Gasteiger partial charge in [-0.05, 0) is 53.6 Å². The van der Waals surface area contributed by atoms with Crippen LogP contribution in [0.5, 0.6) is 17.2 Å². The summed E-state index contributed by atoms with van der Waals surface area (Å²) < 4.78 is 54.3. The number of nitrogens with zero attached hydrogens (tertiary/aromatic N) is 1. The summed E-state index contributed by atoms with van der Waals surface area (Å²) in [6, 6.07) is 13.1. The number of aromatic carboxylic acids is 1. The first-order chi connectivity index (χ1) is 17.3. The van der Waals surface area contributed by atoms with Crippen molar-refractivity contribution in [1.82, 2.24) is 0 Å². The molecule has 0 radical (unpaired) electrons. The third-order valence-corrected chi connectivity index (χ3v) is 6.63. The third kappa shape index (κ3) is 4.82. The molecular formula is C26H21ClF3NO6. The smallest absolute Gasteiger partial charge is 0.422 e. The molecule has 0 aromatic heterocycles. The Morgan fingerprint density at radius 3 is 2.46 bits per heavy atom. The van der Waals surface area contributed by atoms with Gasteiger partial charge >= 0.3 is 12.1 Å². The number of likely N-dealkylation sites (N-methyl/N-ethyl adjacent to an activating group) is 1. The maximum absolute atomic E-state index is 14.5. The fourth-order valence-electron chi connectivity index (χ4n) is 4.14. The molecule has 4 rings (SSSR count). The number of carbonyl (C=O) groups is 2. The van der Waals surface area contributed by atoms with Crippen molar-refractivity contribution in [3.63, 3.8) is 0 Å². The number of hydrogen-bond donors (Lipinski definition) is 2. The summed E-state index contributed by atoms with van der Waals surface area (Å²) in [7, 11) is 1.41. The summed E-state index contributed by atoms with van der Waals surface area (Å²) in [5.41, 5.74) is -3.77. The van der Waals surface area contributed by atoms with E-state index in [4.69, 9.17) is 26.2 Å². The van der Waals surface area contributed by atoms with E-state index < -0.39 is 35.1 Å². The SMILES string of the molecule is C[C@H](c1ccc(Oc2cccc(C(=O)O)c2)cc1Cl)[C@@](O)(c1ccc2c(c1)N(C)C(=O)CO2)C(F)(F)F. The van der Waals surface area contributed by atoms with Gasteiger partial charge in [0.05, 0.1) is 11.3 Å². The highest BCUT2D eigenvalue weighted by Gasteiger charge is 2.59. The number of alkyl halides is 3. The molecule has 2 atom stereocenters. The van der Waals surface area contributed by atoms with Crippen LogP contribution in [0, 0.1) is 0 Å². The molecule has 1 aliphatic rings. The number of halogens is 4. The molecule has 0 bridgehead atoms. The van der Waals surface area contributed by atoms with Crippen LogP contribution >= 0.6 is 11.6 Å². The average Bonchev–Trinajstić information content (AvgIpc) is 2.85. The molecule has 2 N–H and O–H groups in total. The molecule has 0 fully saturated rings. The first kappa shape index (κ1) is 26.3. The van der Waals surface area contributed by atoms with Crippen molar-refractivity contribution in [2.45, 2.75) is 24.6 Å². The Morgan fingerprint density at radius 2 is 1.81 bits per heavy atom. The molecule has 0 saturated heterocycles. The van der Waals surface area contributed by atoms with Crippen LogP contribution < -0.4 is 14.4 Å². The van der Waals surface area contributed by atoms with Gasteiger partial charge in [-0.15, -0.1) is 0 Å². The maximum Gasteiger partial charge on any atom is 0.422 e. The van der Waals surface area contributed by atoms with Crippen LogP contribution in [0.15, 0.2) is 60.7 Å². The van der Waals surface area contributed by atoms with Gasteiger partial charge in [0.15, 0.2) is 12.2 Å². The Labute approximate surface area is 214 Å². The minimum atomic E-state index is -5.12. The fraction of sp³-hybridized carbons (Fsp3) is 0.231. The third-order valence-electron chi connectivity index (χ3n) is 6.30. The number of anilines is 1. The number of fused-ring (bicyclic) bond motifs is 1. The van der Waals surface area contributed by atoms with Crippen molar-refractivity contribution in [3.05, 3.63) is 82.4 Å². The molecule has 1 aliphatic heterocycles. The Morgan fingerprint density at radius 1 is 1.11 bits per heavy atom. The van der Waals surface area contributed by atoms with Gasteiger partial charge in [-0.2, -0.15) is 13.2 Å². The first-order valence-corrected chi connectivity index (χ1v) is 11.3. The second-order valence-electron chi connectivity index (χ2n) is 8.53. The van der Waals surface area contributed by atoms with E-state index in [1.54, 1.807) is 0 Å². The van der Waals surface area contributed by atoms with Gasteiger partial charge in [0.1, 0.15) is 17.2 Å². The molecular weight excluding hydrogens is 515 g/mol. The number of hydrogen-bond acceptors (Lipinski definition) is 5. The van der Waals surface area contributed by atoms with Gasteiger partial charge in [-0.3, -0.25) is 4.79 Å². The number of carbonyl (C=O) groups excluding carboxylic acids is 1. The lowest BCUT2D eigenvalue weighted by atomic mass is 9.77. The number of amides is 1. The molecule has 11 heteroatoms. The zero-order valence-corrected chi connectivity index (χ0v) is 20.3. The van der Waals surface area contributed by atoms with Gasteiger partial charge in [-0.25, -0.2) is 4.79 Å². The topological polar surface area (TPSA) is 96.3 Å². The molecule has 0 aliphatic carbocycles. The molecule has 0 unspecified atom stereocenters. The molecule has 37 heavy (non-hydrogen) atoms. The standard InChI is InChI=1S/C26H21ClF3NO6/c1-14(19-8-7-18(12-20(19)27)37-17-5-3-4-15(10-17)24(33)34)25(35,26(28,29)30)16-6-9-22-21(11-16)31(2)23(32)13-36-22/h3-12,14,35H,13H2,1-2H3,(H,33,34)/t14-,25-/m1/s1. The summed E-state index contributed by atoms with van der Waals surface area (Å²) in [4.78, 5) is 24.3. The highest BCUT2D eigenvalue weighted by molar-refractivity contribution is 6.31. The molecule has 3 aromatic carbocycles. The van der Waals surface area contributed by atoms with Gasteiger partial charge in [0.2, 0.25) is 0 Å². The van der Waals surface area contributed by atoms with Crippen LogP contribution in [0.25, 0.3) is 0 Å². The predicted molar refractivity (Wildman–Crippen MR) is 129 cm³/mol. The summed E-state index contributed by atoms with van der Waals surface area (Å²) in [6.45, 7) is 0.948. The Balaban J connectivity index is 1.70. The zero-order chi connectivity index (χ0) is 27.1.